The minimum atomic E-state index is -0.655. The van der Waals surface area contributed by atoms with Crippen LogP contribution in [0.15, 0.2) is 18.2 Å². The van der Waals surface area contributed by atoms with E-state index >= 15 is 0 Å². The maximum atomic E-state index is 12.5. The summed E-state index contributed by atoms with van der Waals surface area (Å²) in [7, 11) is 1.60. The second-order valence-electron chi connectivity index (χ2n) is 4.53. The quantitative estimate of drug-likeness (QED) is 0.492. The van der Waals surface area contributed by atoms with Gasteiger partial charge in [0.25, 0.3) is 5.69 Å². The molecule has 0 spiro atoms. The van der Waals surface area contributed by atoms with Crippen LogP contribution in [0.1, 0.15) is 37.9 Å². The molecule has 0 fully saturated rings. The summed E-state index contributed by atoms with van der Waals surface area (Å²) >= 11 is 0. The van der Waals surface area contributed by atoms with E-state index in [9.17, 15) is 19.7 Å². The van der Waals surface area contributed by atoms with Crippen LogP contribution < -0.4 is 0 Å². The second kappa shape index (κ2) is 3.83. The van der Waals surface area contributed by atoms with Crippen molar-refractivity contribution in [2.24, 2.45) is 7.05 Å². The fraction of sp³-hybridized carbons (Fsp3) is 0.154. The Morgan fingerprint density at radius 2 is 1.95 bits per heavy atom. The summed E-state index contributed by atoms with van der Waals surface area (Å²) in [5, 5.41) is 11.0. The number of carbonyl (C=O) groups is 2. The topological polar surface area (TPSA) is 95.1 Å². The zero-order valence-electron chi connectivity index (χ0n) is 10.7. The van der Waals surface area contributed by atoms with Gasteiger partial charge < -0.3 is 4.57 Å². The number of aryl methyl sites for hydroxylation is 1. The fourth-order valence-electron chi connectivity index (χ4n) is 2.39. The summed E-state index contributed by atoms with van der Waals surface area (Å²) in [6.07, 6.45) is 0. The van der Waals surface area contributed by atoms with Gasteiger partial charge >= 0.3 is 0 Å². The molecule has 0 saturated heterocycles. The number of nitro benzene ring substituents is 1. The highest BCUT2D eigenvalue weighted by atomic mass is 16.6. The molecule has 0 atom stereocenters. The predicted octanol–water partition coefficient (Wildman–Crippen LogP) is 1.41. The van der Waals surface area contributed by atoms with Gasteiger partial charge in [-0.05, 0) is 13.0 Å². The summed E-state index contributed by atoms with van der Waals surface area (Å²) in [6.45, 7) is 1.66. The molecule has 1 aliphatic rings. The average molecular weight is 271 g/mol. The van der Waals surface area contributed by atoms with Gasteiger partial charge in [0, 0.05) is 18.7 Å². The molecule has 0 amide bonds. The number of nitro groups is 1. The van der Waals surface area contributed by atoms with Gasteiger partial charge in [-0.15, -0.1) is 0 Å². The van der Waals surface area contributed by atoms with Crippen molar-refractivity contribution in [2.45, 2.75) is 6.92 Å². The number of hydrogen-bond acceptors (Lipinski definition) is 5. The highest BCUT2D eigenvalue weighted by Crippen LogP contribution is 2.32. The van der Waals surface area contributed by atoms with E-state index < -0.39 is 16.5 Å². The third kappa shape index (κ3) is 1.37. The summed E-state index contributed by atoms with van der Waals surface area (Å²) in [5.74, 6) is -0.487. The lowest BCUT2D eigenvalue weighted by atomic mass is 9.89. The van der Waals surface area contributed by atoms with Gasteiger partial charge in [-0.3, -0.25) is 19.7 Å². The summed E-state index contributed by atoms with van der Waals surface area (Å²) < 4.78 is 1.48. The normalized spacial score (nSPS) is 13.1. The monoisotopic (exact) mass is 271 g/mol. The largest absolute Gasteiger partial charge is 0.328 e. The molecule has 0 bridgehead atoms. The highest BCUT2D eigenvalue weighted by Gasteiger charge is 2.38. The molecular weight excluding hydrogens is 262 g/mol. The Labute approximate surface area is 113 Å². The van der Waals surface area contributed by atoms with Crippen molar-refractivity contribution in [3.05, 3.63) is 56.7 Å². The Morgan fingerprint density at radius 3 is 2.60 bits per heavy atom. The fourth-order valence-corrected chi connectivity index (χ4v) is 2.39. The highest BCUT2D eigenvalue weighted by molar-refractivity contribution is 6.28. The van der Waals surface area contributed by atoms with Crippen molar-refractivity contribution >= 4 is 17.3 Å². The predicted molar refractivity (Wildman–Crippen MR) is 67.9 cm³/mol. The maximum Gasteiger partial charge on any atom is 0.281 e. The molecule has 3 rings (SSSR count). The Kier molecular flexibility index (Phi) is 2.34. The Bertz CT molecular complexity index is 804. The summed E-state index contributed by atoms with van der Waals surface area (Å²) in [6, 6.07) is 4.02. The van der Waals surface area contributed by atoms with Gasteiger partial charge in [-0.25, -0.2) is 4.98 Å². The smallest absolute Gasteiger partial charge is 0.281 e. The molecule has 0 unspecified atom stereocenters. The van der Waals surface area contributed by atoms with Gasteiger partial charge in [-0.2, -0.15) is 0 Å². The minimum absolute atomic E-state index is 0.0369. The Hall–Kier alpha value is -2.83. The Balaban J connectivity index is 2.38. The van der Waals surface area contributed by atoms with Crippen molar-refractivity contribution in [3.63, 3.8) is 0 Å². The first kappa shape index (κ1) is 12.2. The molecule has 7 nitrogen and oxygen atoms in total. The third-order valence-electron chi connectivity index (χ3n) is 3.46. The lowest BCUT2D eigenvalue weighted by Crippen LogP contribution is -2.23. The number of benzene rings is 1. The molecule has 0 aliphatic heterocycles. The zero-order valence-corrected chi connectivity index (χ0v) is 10.7. The van der Waals surface area contributed by atoms with Crippen LogP contribution in [0, 0.1) is 17.0 Å². The van der Waals surface area contributed by atoms with E-state index in [1.54, 1.807) is 14.0 Å². The van der Waals surface area contributed by atoms with Crippen LogP contribution in [-0.4, -0.2) is 26.0 Å². The number of fused-ring (bicyclic) bond motifs is 2. The van der Waals surface area contributed by atoms with Crippen LogP contribution in [0.5, 0.6) is 0 Å². The average Bonchev–Trinajstić information content (AvgIpc) is 2.72. The molecular formula is C13H9N3O4. The number of imidazole rings is 1. The van der Waals surface area contributed by atoms with Crippen LogP contribution in [0.4, 0.5) is 5.69 Å². The van der Waals surface area contributed by atoms with E-state index in [1.165, 1.54) is 22.8 Å². The van der Waals surface area contributed by atoms with Crippen molar-refractivity contribution in [2.75, 3.05) is 0 Å². The summed E-state index contributed by atoms with van der Waals surface area (Å²) in [5.41, 5.74) is -0.310. The van der Waals surface area contributed by atoms with Crippen LogP contribution in [0.25, 0.3) is 0 Å². The number of ketones is 2. The van der Waals surface area contributed by atoms with E-state index in [0.717, 1.165) is 0 Å². The van der Waals surface area contributed by atoms with Gasteiger partial charge in [0.2, 0.25) is 11.6 Å². The first-order valence-corrected chi connectivity index (χ1v) is 5.83. The molecule has 1 aromatic heterocycles. The number of rotatable bonds is 1. The van der Waals surface area contributed by atoms with E-state index in [4.69, 9.17) is 0 Å². The van der Waals surface area contributed by atoms with Gasteiger partial charge in [0.1, 0.15) is 22.8 Å². The van der Waals surface area contributed by atoms with Crippen molar-refractivity contribution in [1.82, 2.24) is 9.55 Å². The first-order chi connectivity index (χ1) is 9.43. The molecule has 0 radical (unpaired) electrons. The number of nitrogens with zero attached hydrogens (tertiary/aromatic N) is 3. The molecule has 0 N–H and O–H groups in total. The van der Waals surface area contributed by atoms with Crippen molar-refractivity contribution < 1.29 is 14.5 Å². The maximum absolute atomic E-state index is 12.5. The second-order valence-corrected chi connectivity index (χ2v) is 4.53. The van der Waals surface area contributed by atoms with E-state index in [-0.39, 0.29) is 28.2 Å². The van der Waals surface area contributed by atoms with Gasteiger partial charge in [-0.1, -0.05) is 6.07 Å². The van der Waals surface area contributed by atoms with Crippen LogP contribution >= 0.6 is 0 Å². The number of hydrogen-bond donors (Lipinski definition) is 0. The van der Waals surface area contributed by atoms with E-state index in [2.05, 4.69) is 4.98 Å². The number of carbonyl (C=O) groups excluding carboxylic acids is 2. The SMILES string of the molecule is Cc1nc2c(n1C)C(=O)c1c(cccc1[N+](=O)[O-])C2=O. The lowest BCUT2D eigenvalue weighted by Gasteiger charge is -2.14. The van der Waals surface area contributed by atoms with E-state index in [1.807, 2.05) is 0 Å². The first-order valence-electron chi connectivity index (χ1n) is 5.83. The molecule has 1 aliphatic carbocycles. The minimum Gasteiger partial charge on any atom is -0.328 e. The molecule has 1 aromatic carbocycles. The van der Waals surface area contributed by atoms with Crippen LogP contribution in [0.2, 0.25) is 0 Å². The van der Waals surface area contributed by atoms with Crippen molar-refractivity contribution in [1.29, 1.82) is 0 Å². The summed E-state index contributed by atoms with van der Waals surface area (Å²) in [4.78, 5) is 39.3. The molecule has 20 heavy (non-hydrogen) atoms. The molecule has 0 saturated carbocycles. The lowest BCUT2D eigenvalue weighted by molar-refractivity contribution is -0.385. The molecule has 7 heteroatoms. The van der Waals surface area contributed by atoms with Gasteiger partial charge in [0.15, 0.2) is 0 Å². The number of aromatic nitrogens is 2. The van der Waals surface area contributed by atoms with E-state index in [0.29, 0.717) is 5.82 Å². The zero-order chi connectivity index (χ0) is 14.6. The van der Waals surface area contributed by atoms with Crippen LogP contribution in [-0.2, 0) is 7.05 Å². The standard InChI is InChI=1S/C13H9N3O4/c1-6-14-10-11(15(6)2)13(18)9-7(12(10)17)4-3-5-8(9)16(19)20/h3-5H,1-2H3. The van der Waals surface area contributed by atoms with Crippen molar-refractivity contribution in [3.8, 4) is 0 Å². The van der Waals surface area contributed by atoms with Gasteiger partial charge in [0.05, 0.1) is 4.92 Å². The molecule has 2 aromatic rings. The molecule has 1 heterocycles. The Morgan fingerprint density at radius 1 is 1.25 bits per heavy atom. The third-order valence-corrected chi connectivity index (χ3v) is 3.46. The van der Waals surface area contributed by atoms with Crippen LogP contribution in [0.3, 0.4) is 0 Å². The molecule has 100 valence electrons.